The van der Waals surface area contributed by atoms with Crippen molar-refractivity contribution in [2.24, 2.45) is 11.8 Å². The summed E-state index contributed by atoms with van der Waals surface area (Å²) >= 11 is 1.41. The second-order valence-corrected chi connectivity index (χ2v) is 25.8. The Hall–Kier alpha value is -7.65. The van der Waals surface area contributed by atoms with Crippen LogP contribution in [0.1, 0.15) is 75.2 Å². The molecule has 5 fully saturated rings. The smallest absolute Gasteiger partial charge is 0.261 e. The molecule has 1 aromatic heterocycles. The molecule has 32 heteroatoms. The molecule has 4 saturated heterocycles. The second-order valence-electron chi connectivity index (χ2n) is 24.4. The summed E-state index contributed by atoms with van der Waals surface area (Å²) in [5.74, 6) is -8.78. The number of benzene rings is 3. The summed E-state index contributed by atoms with van der Waals surface area (Å²) in [6.07, 6.45) is -7.16. The molecule has 4 aliphatic heterocycles. The summed E-state index contributed by atoms with van der Waals surface area (Å²) in [5, 5.41) is 113. The summed E-state index contributed by atoms with van der Waals surface area (Å²) in [6.45, 7) is 14.0. The molecule has 3 aromatic carbocycles. The van der Waals surface area contributed by atoms with E-state index < -0.39 is 165 Å². The van der Waals surface area contributed by atoms with Gasteiger partial charge in [-0.05, 0) is 92.6 Å². The molecule has 93 heavy (non-hydrogen) atoms. The lowest BCUT2D eigenvalue weighted by Crippen LogP contribution is -2.64. The van der Waals surface area contributed by atoms with Crippen LogP contribution in [0.2, 0.25) is 0 Å². The van der Waals surface area contributed by atoms with Crippen LogP contribution in [0.25, 0.3) is 26.0 Å². The van der Waals surface area contributed by atoms with Crippen LogP contribution in [0.3, 0.4) is 0 Å². The van der Waals surface area contributed by atoms with Gasteiger partial charge in [0, 0.05) is 99.4 Å². The molecule has 13 N–H and O–H groups in total. The number of fused-ring (bicyclic) bond motifs is 2. The minimum absolute atomic E-state index is 0.0281. The zero-order chi connectivity index (χ0) is 66.8. The van der Waals surface area contributed by atoms with E-state index in [9.17, 15) is 69.3 Å². The zero-order valence-electron chi connectivity index (χ0n) is 51.2. The molecule has 1 aliphatic carbocycles. The van der Waals surface area contributed by atoms with Crippen molar-refractivity contribution in [3.05, 3.63) is 89.3 Å². The van der Waals surface area contributed by atoms with E-state index in [2.05, 4.69) is 79.9 Å². The fourth-order valence-corrected chi connectivity index (χ4v) is 13.6. The fraction of sp³-hybridized carbons (Fsp3) is 0.541. The number of phenolic OH excluding ortho intramolecular Hbond substituents is 1. The highest BCUT2D eigenvalue weighted by Crippen LogP contribution is 2.35. The van der Waals surface area contributed by atoms with E-state index in [1.807, 2.05) is 12.1 Å². The van der Waals surface area contributed by atoms with E-state index in [1.165, 1.54) is 62.1 Å². The lowest BCUT2D eigenvalue weighted by Gasteiger charge is -2.42. The van der Waals surface area contributed by atoms with Crippen LogP contribution in [0.15, 0.2) is 66.7 Å². The van der Waals surface area contributed by atoms with Gasteiger partial charge >= 0.3 is 0 Å². The first-order valence-corrected chi connectivity index (χ1v) is 32.2. The minimum Gasteiger partial charge on any atom is -0.504 e. The number of aliphatic hydroxyl groups excluding tert-OH is 6. The van der Waals surface area contributed by atoms with Gasteiger partial charge in [0.05, 0.1) is 30.5 Å². The first kappa shape index (κ1) is 69.7. The monoisotopic (exact) mass is 1330 g/mol. The van der Waals surface area contributed by atoms with Crippen LogP contribution >= 0.6 is 23.7 Å². The van der Waals surface area contributed by atoms with Crippen LogP contribution < -0.4 is 35.7 Å². The van der Waals surface area contributed by atoms with Crippen LogP contribution in [-0.2, 0) is 44.6 Å². The average Bonchev–Trinajstić information content (AvgIpc) is 1.71. The van der Waals surface area contributed by atoms with Crippen molar-refractivity contribution in [2.75, 3.05) is 57.3 Å². The highest BCUT2D eigenvalue weighted by molar-refractivity contribution is 7.90. The Balaban J connectivity index is 0.950. The highest BCUT2D eigenvalue weighted by Gasteiger charge is 2.50. The number of carbonyl (C=O) groups is 7. The first-order valence-electron chi connectivity index (χ1n) is 30.7. The third-order valence-corrected chi connectivity index (χ3v) is 19.2. The van der Waals surface area contributed by atoms with Crippen molar-refractivity contribution in [1.82, 2.24) is 51.5 Å². The van der Waals surface area contributed by atoms with Crippen molar-refractivity contribution >= 4 is 70.7 Å². The van der Waals surface area contributed by atoms with Gasteiger partial charge < -0.3 is 86.1 Å². The number of rotatable bonds is 16. The van der Waals surface area contributed by atoms with Crippen molar-refractivity contribution in [3.63, 3.8) is 0 Å². The number of phenols is 1. The number of β-amino-alcohol motifs (C(OH)–C–C–N with tert-alkyl or cyclic N) is 1. The molecule has 30 nitrogen and oxygen atoms in total. The third-order valence-electron chi connectivity index (χ3n) is 17.8. The molecule has 0 bridgehead atoms. The number of amides is 7. The number of aromatic hydroxyl groups is 1. The van der Waals surface area contributed by atoms with Crippen LogP contribution in [0, 0.1) is 18.4 Å². The summed E-state index contributed by atoms with van der Waals surface area (Å²) in [7, 11) is 0. The quantitative estimate of drug-likeness (QED) is 0.0221. The maximum atomic E-state index is 14.7. The fourth-order valence-electron chi connectivity index (χ4n) is 12.5. The average molecular weight is 1330 g/mol. The van der Waals surface area contributed by atoms with Gasteiger partial charge in [-0.25, -0.2) is 11.8 Å². The van der Waals surface area contributed by atoms with Gasteiger partial charge in [0.15, 0.2) is 17.6 Å². The normalized spacial score (nSPS) is 28.3. The summed E-state index contributed by atoms with van der Waals surface area (Å²) in [5.41, 5.74) is 2.76. The van der Waals surface area contributed by atoms with E-state index >= 15 is 0 Å². The molecule has 13 atom stereocenters. The number of piperazine rings is 1. The number of hydrogen-bond acceptors (Lipinski definition) is 24. The number of aliphatic hydroxyl groups is 6. The molecule has 7 amide bonds. The molecule has 7 unspecified atom stereocenters. The number of anilines is 1. The molecule has 9 rings (SSSR count). The molecule has 5 heterocycles. The van der Waals surface area contributed by atoms with Crippen LogP contribution in [-0.4, -0.2) is 239 Å². The Morgan fingerprint density at radius 2 is 1.40 bits per heavy atom. The van der Waals surface area contributed by atoms with Gasteiger partial charge in [-0.15, -0.1) is 10.2 Å². The Labute approximate surface area is 543 Å². The molecule has 1 saturated carbocycles. The van der Waals surface area contributed by atoms with Crippen molar-refractivity contribution in [2.45, 2.75) is 145 Å². The third kappa shape index (κ3) is 17.0. The summed E-state index contributed by atoms with van der Waals surface area (Å²) in [4.78, 5) is 111. The Morgan fingerprint density at radius 3 is 2.04 bits per heavy atom. The lowest BCUT2D eigenvalue weighted by atomic mass is 9.86. The van der Waals surface area contributed by atoms with Gasteiger partial charge in [-0.1, -0.05) is 52.8 Å². The number of carbonyl (C=O) groups excluding carboxylic acids is 7. The van der Waals surface area contributed by atoms with E-state index in [-0.39, 0.29) is 35.7 Å². The molecule has 0 radical (unpaired) electrons. The van der Waals surface area contributed by atoms with E-state index in [0.29, 0.717) is 21.6 Å². The largest absolute Gasteiger partial charge is 0.504 e. The molecule has 502 valence electrons. The summed E-state index contributed by atoms with van der Waals surface area (Å²) < 4.78 is 9.33. The maximum Gasteiger partial charge on any atom is 0.261 e. The van der Waals surface area contributed by atoms with Crippen molar-refractivity contribution < 1.29 is 88.1 Å². The zero-order valence-corrected chi connectivity index (χ0v) is 52.9. The standard InChI is InChI=1S/C61H78N12O18S2/c1-31-5-14-38(15-6-31)70-19-21-71(22-20-70)39-16-12-37(13-17-39)59-69-68-58(92-59)36-10-8-35(9-11-36)53(81)64-42-25-40(75)27-63-57(85)51-52(80)32(2)29-73(51)61(87)50(46(79)28-62-4)67-56(84)49(45(78)23-34-7-18-44(77)47(24-34)89-93-91-90-88)66-55(83)43-26-41(76)30-72(43)60(86)48(33(3)74)65-54(42)82/h7-13,16-18,24,31-33,38,40-43,45-46,48-52,74-80,88H,5-6,14-15,19-23,25-30H2,1-3H3,(H,63,85)(H,64,81)(H,65,82)(H,66,83)(H,67,84)/t31?,32?,33?,38?,40-,41?,42-,43?,45+,46+,48?,49?,50-,51?,52-/m0/s1. The van der Waals surface area contributed by atoms with E-state index in [1.54, 1.807) is 12.1 Å². The first-order chi connectivity index (χ1) is 44.5. The van der Waals surface area contributed by atoms with Crippen molar-refractivity contribution in [3.8, 4) is 32.6 Å². The second kappa shape index (κ2) is 31.5. The molecular formula is C61H78N12O18S2. The number of nitrogens with one attached hydrogen (secondary N) is 5. The number of aromatic nitrogens is 2. The van der Waals surface area contributed by atoms with Gasteiger partial charge in [0.2, 0.25) is 42.0 Å². The Morgan fingerprint density at radius 1 is 0.763 bits per heavy atom. The lowest BCUT2D eigenvalue weighted by molar-refractivity contribution is -0.433. The van der Waals surface area contributed by atoms with E-state index in [0.717, 1.165) is 72.2 Å². The molecular weight excluding hydrogens is 1250 g/mol. The highest BCUT2D eigenvalue weighted by atomic mass is 32.2. The summed E-state index contributed by atoms with van der Waals surface area (Å²) in [6, 6.07) is 7.22. The maximum absolute atomic E-state index is 14.7. The van der Waals surface area contributed by atoms with Gasteiger partial charge in [0.1, 0.15) is 46.3 Å². The van der Waals surface area contributed by atoms with Crippen LogP contribution in [0.5, 0.6) is 11.5 Å². The number of hydrogen-bond donors (Lipinski definition) is 13. The topological polar surface area (TPSA) is 412 Å². The van der Waals surface area contributed by atoms with Crippen molar-refractivity contribution in [1.29, 1.82) is 0 Å². The van der Waals surface area contributed by atoms with Gasteiger partial charge in [-0.3, -0.25) is 38.5 Å². The predicted molar refractivity (Wildman–Crippen MR) is 333 cm³/mol. The molecule has 4 aromatic rings. The minimum atomic E-state index is -2.15. The van der Waals surface area contributed by atoms with Crippen LogP contribution in [0.4, 0.5) is 5.69 Å². The number of nitrogens with zero attached hydrogens (tertiary/aromatic N) is 7. The van der Waals surface area contributed by atoms with E-state index in [4.69, 9.17) is 16.0 Å². The van der Waals surface area contributed by atoms with Gasteiger partial charge in [-0.2, -0.15) is 0 Å². The molecule has 0 spiro atoms. The Kier molecular flexibility index (Phi) is 23.6. The Bertz CT molecular complexity index is 3330. The van der Waals surface area contributed by atoms with Gasteiger partial charge in [0.25, 0.3) is 18.2 Å². The predicted octanol–water partition coefficient (Wildman–Crippen LogP) is -0.491. The SMILES string of the molecule is [C-]#[N+]C[C@@H](O)[C@@H]1NC(=O)C([C@H](O)Cc2ccc(O)c(OSOOO)c2)NC(=O)C2CC(O)CN2C(=O)C(C(C)O)NC(=O)[C@@H](NC(=O)c2ccc(-c3nnc(-c4ccc(N5CCN(C6CCC(C)CC6)CC5)cc4)s3)cc2)C[C@H](O)CNC(=O)C2[C@@H](O)C(C)CN2C1=O. The molecule has 5 aliphatic rings.